The number of nitrogens with zero attached hydrogens (tertiary/aromatic N) is 2. The molecule has 42 heavy (non-hydrogen) atoms. The average Bonchev–Trinajstić information content (AvgIpc) is 3.40. The number of aromatic nitrogens is 2. The summed E-state index contributed by atoms with van der Waals surface area (Å²) in [5.41, 5.74) is 8.03. The molecule has 7 rings (SSSR count). The number of rotatable bonds is 4. The fraction of sp³-hybridized carbons (Fsp3) is 0.0811. The van der Waals surface area contributed by atoms with Gasteiger partial charge in [0, 0.05) is 43.3 Å². The predicted octanol–water partition coefficient (Wildman–Crippen LogP) is 9.21. The quantitative estimate of drug-likeness (QED) is 0.134. The van der Waals surface area contributed by atoms with Crippen LogP contribution in [0.25, 0.3) is 55.6 Å². The van der Waals surface area contributed by atoms with E-state index in [4.69, 9.17) is 4.42 Å². The maximum absolute atomic E-state index is 6.01. The van der Waals surface area contributed by atoms with Crippen LogP contribution in [-0.2, 0) is 20.1 Å². The number of fused-ring (bicyclic) bond motifs is 3. The monoisotopic (exact) mass is 739 g/mol. The predicted molar refractivity (Wildman–Crippen MR) is 173 cm³/mol. The van der Waals surface area contributed by atoms with E-state index in [9.17, 15) is 0 Å². The summed E-state index contributed by atoms with van der Waals surface area (Å²) in [7, 11) is -1.23. The second-order valence-electron chi connectivity index (χ2n) is 11.0. The molecule has 3 heterocycles. The first-order valence-electron chi connectivity index (χ1n) is 13.7. The van der Waals surface area contributed by atoms with Crippen LogP contribution < -0.4 is 5.19 Å². The Kier molecular flexibility index (Phi) is 8.93. The van der Waals surface area contributed by atoms with Crippen molar-refractivity contribution >= 4 is 35.2 Å². The molecule has 209 valence electrons. The van der Waals surface area contributed by atoms with Crippen LogP contribution in [0, 0.1) is 12.1 Å². The zero-order valence-electron chi connectivity index (χ0n) is 23.8. The van der Waals surface area contributed by atoms with Crippen molar-refractivity contribution < 1.29 is 24.5 Å². The molecule has 0 amide bonds. The van der Waals surface area contributed by atoms with Gasteiger partial charge >= 0.3 is 0 Å². The van der Waals surface area contributed by atoms with Crippen LogP contribution in [0.15, 0.2) is 132 Å². The molecular formula is C37H30IrN2OSi-2. The maximum Gasteiger partial charge on any atom is 0.136 e. The third-order valence-corrected chi connectivity index (χ3v) is 9.10. The van der Waals surface area contributed by atoms with Crippen molar-refractivity contribution in [2.24, 2.45) is 0 Å². The third-order valence-electron chi connectivity index (χ3n) is 7.07. The van der Waals surface area contributed by atoms with Crippen molar-refractivity contribution in [1.82, 2.24) is 9.97 Å². The smallest absolute Gasteiger partial charge is 0.136 e. The Balaban J connectivity index is 0.000000181. The van der Waals surface area contributed by atoms with Gasteiger partial charge in [0.2, 0.25) is 0 Å². The standard InChI is InChI=1S/C23H14NO.C14H16NSi.Ir/c1-2-6-16(7-3-1)21-14-18(12-13-24-21)17-10-11-20-19-8-4-5-9-22(19)25-23(20)15-17;1-16(2,3)13-9-10-14(15-11-13)12-7-5-4-6-8-12;/h1-6,8-15H;4-7,9-11H,1-3H3;/q2*-1;. The Morgan fingerprint density at radius 2 is 1.26 bits per heavy atom. The van der Waals surface area contributed by atoms with E-state index in [-0.39, 0.29) is 20.1 Å². The van der Waals surface area contributed by atoms with Gasteiger partial charge in [-0.3, -0.25) is 0 Å². The van der Waals surface area contributed by atoms with E-state index in [2.05, 4.69) is 84.2 Å². The molecular weight excluding hydrogens is 709 g/mol. The van der Waals surface area contributed by atoms with Crippen molar-refractivity contribution in [3.8, 4) is 33.6 Å². The van der Waals surface area contributed by atoms with Gasteiger partial charge in [-0.2, -0.15) is 0 Å². The van der Waals surface area contributed by atoms with Gasteiger partial charge in [-0.15, -0.1) is 71.8 Å². The fourth-order valence-electron chi connectivity index (χ4n) is 4.77. The third kappa shape index (κ3) is 6.50. The van der Waals surface area contributed by atoms with Crippen molar-refractivity contribution in [1.29, 1.82) is 0 Å². The van der Waals surface area contributed by atoms with Crippen LogP contribution in [0.3, 0.4) is 0 Å². The Morgan fingerprint density at radius 1 is 0.595 bits per heavy atom. The summed E-state index contributed by atoms with van der Waals surface area (Å²) in [6.07, 6.45) is 3.86. The van der Waals surface area contributed by atoms with Gasteiger partial charge in [0.25, 0.3) is 0 Å². The largest absolute Gasteiger partial charge is 0.456 e. The van der Waals surface area contributed by atoms with E-state index in [0.717, 1.165) is 55.6 Å². The van der Waals surface area contributed by atoms with Crippen LogP contribution in [0.4, 0.5) is 0 Å². The topological polar surface area (TPSA) is 38.9 Å². The first-order chi connectivity index (χ1) is 20.0. The number of benzene rings is 4. The van der Waals surface area contributed by atoms with Gasteiger partial charge in [0.15, 0.2) is 0 Å². The van der Waals surface area contributed by atoms with Crippen LogP contribution in [-0.4, -0.2) is 18.0 Å². The van der Waals surface area contributed by atoms with E-state index < -0.39 is 8.07 Å². The normalized spacial score (nSPS) is 11.0. The Hall–Kier alpha value is -4.15. The van der Waals surface area contributed by atoms with Gasteiger partial charge in [0.1, 0.15) is 11.2 Å². The zero-order valence-corrected chi connectivity index (χ0v) is 27.2. The molecule has 0 saturated carbocycles. The first-order valence-corrected chi connectivity index (χ1v) is 17.2. The molecule has 3 aromatic heterocycles. The molecule has 0 aliphatic carbocycles. The summed E-state index contributed by atoms with van der Waals surface area (Å²) in [5, 5.41) is 3.69. The Bertz CT molecular complexity index is 1910. The zero-order chi connectivity index (χ0) is 28.2. The second kappa shape index (κ2) is 12.8. The average molecular weight is 739 g/mol. The number of para-hydroxylation sites is 1. The van der Waals surface area contributed by atoms with E-state index in [1.165, 1.54) is 5.19 Å². The van der Waals surface area contributed by atoms with Crippen molar-refractivity contribution in [2.75, 3.05) is 0 Å². The van der Waals surface area contributed by atoms with Gasteiger partial charge in [-0.05, 0) is 52.0 Å². The molecule has 0 unspecified atom stereocenters. The number of hydrogen-bond acceptors (Lipinski definition) is 3. The minimum atomic E-state index is -1.23. The minimum absolute atomic E-state index is 0. The van der Waals surface area contributed by atoms with E-state index in [1.807, 2.05) is 85.2 Å². The molecule has 0 N–H and O–H groups in total. The van der Waals surface area contributed by atoms with E-state index >= 15 is 0 Å². The van der Waals surface area contributed by atoms with Crippen LogP contribution in [0.1, 0.15) is 0 Å². The van der Waals surface area contributed by atoms with Gasteiger partial charge < -0.3 is 14.4 Å². The molecule has 0 fully saturated rings. The second-order valence-corrected chi connectivity index (χ2v) is 16.1. The molecule has 4 aromatic carbocycles. The number of pyridine rings is 2. The van der Waals surface area contributed by atoms with Gasteiger partial charge in [-0.1, -0.05) is 62.1 Å². The summed E-state index contributed by atoms with van der Waals surface area (Å²) < 4.78 is 6.01. The van der Waals surface area contributed by atoms with Crippen molar-refractivity contribution in [3.05, 3.63) is 140 Å². The van der Waals surface area contributed by atoms with E-state index in [0.29, 0.717) is 0 Å². The summed E-state index contributed by atoms with van der Waals surface area (Å²) in [6, 6.07) is 45.2. The number of hydrogen-bond donors (Lipinski definition) is 0. The van der Waals surface area contributed by atoms with Crippen LogP contribution >= 0.6 is 0 Å². The molecule has 0 aliphatic rings. The van der Waals surface area contributed by atoms with Crippen molar-refractivity contribution in [3.63, 3.8) is 0 Å². The molecule has 0 aliphatic heterocycles. The molecule has 0 atom stereocenters. The molecule has 0 bridgehead atoms. The summed E-state index contributed by atoms with van der Waals surface area (Å²) >= 11 is 0. The molecule has 0 spiro atoms. The van der Waals surface area contributed by atoms with Crippen molar-refractivity contribution in [2.45, 2.75) is 19.6 Å². The summed E-state index contributed by atoms with van der Waals surface area (Å²) in [6.45, 7) is 7.00. The summed E-state index contributed by atoms with van der Waals surface area (Å²) in [5.74, 6) is 0. The van der Waals surface area contributed by atoms with Gasteiger partial charge in [0.05, 0.1) is 8.07 Å². The molecule has 1 radical (unpaired) electrons. The maximum atomic E-state index is 6.01. The van der Waals surface area contributed by atoms with Crippen LogP contribution in [0.5, 0.6) is 0 Å². The van der Waals surface area contributed by atoms with Crippen LogP contribution in [0.2, 0.25) is 19.6 Å². The van der Waals surface area contributed by atoms with Gasteiger partial charge in [-0.25, -0.2) is 0 Å². The molecule has 7 aromatic rings. The first kappa shape index (κ1) is 29.3. The number of furan rings is 1. The minimum Gasteiger partial charge on any atom is -0.456 e. The Labute approximate surface area is 261 Å². The van der Waals surface area contributed by atoms with E-state index in [1.54, 1.807) is 0 Å². The molecule has 3 nitrogen and oxygen atoms in total. The molecule has 0 saturated heterocycles. The fourth-order valence-corrected chi connectivity index (χ4v) is 5.80. The summed E-state index contributed by atoms with van der Waals surface area (Å²) in [4.78, 5) is 9.00. The Morgan fingerprint density at radius 3 is 1.93 bits per heavy atom. The SMILES string of the molecule is C[Si](C)(C)c1ccc(-c2[c-]cccc2)nc1.[Ir].[c-]1ccccc1-c1cc(-c2ccc3c(c2)oc2ccccc23)ccn1. The molecule has 5 heteroatoms.